The lowest BCUT2D eigenvalue weighted by Gasteiger charge is -2.19. The van der Waals surface area contributed by atoms with Crippen LogP contribution in [0.25, 0.3) is 0 Å². The molecule has 2 atom stereocenters. The number of rotatable bonds is 6. The zero-order valence-corrected chi connectivity index (χ0v) is 12.6. The van der Waals surface area contributed by atoms with Crippen LogP contribution in [0.5, 0.6) is 5.75 Å². The van der Waals surface area contributed by atoms with E-state index < -0.39 is 0 Å². The average Bonchev–Trinajstić information content (AvgIpc) is 2.96. The van der Waals surface area contributed by atoms with Crippen molar-refractivity contribution in [1.29, 1.82) is 0 Å². The molecule has 2 rings (SSSR count). The maximum atomic E-state index is 5.18. The summed E-state index contributed by atoms with van der Waals surface area (Å²) in [5, 5.41) is 7.91. The fourth-order valence-corrected chi connectivity index (χ4v) is 2.24. The Bertz CT molecular complexity index is 533. The summed E-state index contributed by atoms with van der Waals surface area (Å²) in [7, 11) is 1.68. The number of nitrogens with one attached hydrogen (secondary N) is 1. The van der Waals surface area contributed by atoms with Crippen molar-refractivity contribution in [2.75, 3.05) is 7.11 Å². The highest BCUT2D eigenvalue weighted by Gasteiger charge is 2.12. The Morgan fingerprint density at radius 2 is 1.80 bits per heavy atom. The number of aryl methyl sites for hydroxylation is 1. The van der Waals surface area contributed by atoms with Gasteiger partial charge in [0, 0.05) is 30.4 Å². The monoisotopic (exact) mass is 273 g/mol. The zero-order chi connectivity index (χ0) is 14.5. The SMILES string of the molecule is CCn1cc(C(C)NC(C)c2ccc(OC)cc2)cn1. The second kappa shape index (κ2) is 6.57. The van der Waals surface area contributed by atoms with E-state index in [9.17, 15) is 0 Å². The van der Waals surface area contributed by atoms with Gasteiger partial charge < -0.3 is 10.1 Å². The van der Waals surface area contributed by atoms with Gasteiger partial charge in [0.1, 0.15) is 5.75 Å². The normalized spacial score (nSPS) is 14.0. The van der Waals surface area contributed by atoms with E-state index in [1.54, 1.807) is 7.11 Å². The first-order valence-electron chi connectivity index (χ1n) is 7.06. The largest absolute Gasteiger partial charge is 0.497 e. The van der Waals surface area contributed by atoms with Gasteiger partial charge in [-0.2, -0.15) is 5.10 Å². The molecule has 0 saturated carbocycles. The third kappa shape index (κ3) is 3.39. The summed E-state index contributed by atoms with van der Waals surface area (Å²) in [6.45, 7) is 7.33. The van der Waals surface area contributed by atoms with Gasteiger partial charge in [0.05, 0.1) is 13.3 Å². The lowest BCUT2D eigenvalue weighted by atomic mass is 10.1. The Morgan fingerprint density at radius 1 is 1.15 bits per heavy atom. The molecule has 108 valence electrons. The van der Waals surface area contributed by atoms with Crippen molar-refractivity contribution >= 4 is 0 Å². The Labute approximate surface area is 120 Å². The molecule has 0 aliphatic heterocycles. The van der Waals surface area contributed by atoms with Crippen molar-refractivity contribution in [3.63, 3.8) is 0 Å². The topological polar surface area (TPSA) is 39.1 Å². The molecule has 0 fully saturated rings. The fraction of sp³-hybridized carbons (Fsp3) is 0.438. The third-order valence-electron chi connectivity index (χ3n) is 3.59. The van der Waals surface area contributed by atoms with Crippen LogP contribution in [0.15, 0.2) is 36.7 Å². The Kier molecular flexibility index (Phi) is 4.79. The Morgan fingerprint density at radius 3 is 2.35 bits per heavy atom. The molecule has 4 heteroatoms. The first-order valence-corrected chi connectivity index (χ1v) is 7.06. The maximum absolute atomic E-state index is 5.18. The lowest BCUT2D eigenvalue weighted by Crippen LogP contribution is -2.22. The molecule has 1 N–H and O–H groups in total. The van der Waals surface area contributed by atoms with Gasteiger partial charge in [0.15, 0.2) is 0 Å². The van der Waals surface area contributed by atoms with Crippen LogP contribution >= 0.6 is 0 Å². The van der Waals surface area contributed by atoms with E-state index in [-0.39, 0.29) is 12.1 Å². The number of aromatic nitrogens is 2. The molecule has 4 nitrogen and oxygen atoms in total. The lowest BCUT2D eigenvalue weighted by molar-refractivity contribution is 0.414. The zero-order valence-electron chi connectivity index (χ0n) is 12.6. The predicted octanol–water partition coefficient (Wildman–Crippen LogP) is 3.32. The van der Waals surface area contributed by atoms with Crippen molar-refractivity contribution in [2.45, 2.75) is 39.4 Å². The Hall–Kier alpha value is -1.81. The molecule has 2 unspecified atom stereocenters. The minimum atomic E-state index is 0.271. The summed E-state index contributed by atoms with van der Waals surface area (Å²) in [6.07, 6.45) is 4.03. The van der Waals surface area contributed by atoms with Crippen molar-refractivity contribution in [1.82, 2.24) is 15.1 Å². The van der Waals surface area contributed by atoms with Crippen molar-refractivity contribution in [3.05, 3.63) is 47.8 Å². The van der Waals surface area contributed by atoms with Crippen LogP contribution in [0.2, 0.25) is 0 Å². The number of hydrogen-bond acceptors (Lipinski definition) is 3. The highest BCUT2D eigenvalue weighted by Crippen LogP contribution is 2.21. The van der Waals surface area contributed by atoms with Crippen LogP contribution in [-0.4, -0.2) is 16.9 Å². The van der Waals surface area contributed by atoms with Crippen LogP contribution < -0.4 is 10.1 Å². The van der Waals surface area contributed by atoms with Crippen LogP contribution in [0.4, 0.5) is 0 Å². The quantitative estimate of drug-likeness (QED) is 0.877. The molecule has 1 aromatic heterocycles. The van der Waals surface area contributed by atoms with E-state index in [4.69, 9.17) is 4.74 Å². The number of hydrogen-bond donors (Lipinski definition) is 1. The Balaban J connectivity index is 2.00. The highest BCUT2D eigenvalue weighted by molar-refractivity contribution is 5.29. The minimum Gasteiger partial charge on any atom is -0.497 e. The summed E-state index contributed by atoms with van der Waals surface area (Å²) in [5.74, 6) is 0.887. The highest BCUT2D eigenvalue weighted by atomic mass is 16.5. The molecule has 0 aliphatic carbocycles. The summed E-state index contributed by atoms with van der Waals surface area (Å²) in [6, 6.07) is 8.73. The van der Waals surface area contributed by atoms with E-state index in [0.29, 0.717) is 0 Å². The van der Waals surface area contributed by atoms with E-state index in [1.807, 2.05) is 23.0 Å². The molecule has 0 amide bonds. The first kappa shape index (κ1) is 14.6. The molecule has 1 aromatic carbocycles. The summed E-state index contributed by atoms with van der Waals surface area (Å²) < 4.78 is 7.13. The number of methoxy groups -OCH3 is 1. The van der Waals surface area contributed by atoms with Crippen molar-refractivity contribution in [3.8, 4) is 5.75 Å². The van der Waals surface area contributed by atoms with Gasteiger partial charge in [-0.3, -0.25) is 4.68 Å². The summed E-state index contributed by atoms with van der Waals surface area (Å²) in [5.41, 5.74) is 2.47. The molecule has 1 heterocycles. The minimum absolute atomic E-state index is 0.271. The van der Waals surface area contributed by atoms with E-state index >= 15 is 0 Å². The molecule has 20 heavy (non-hydrogen) atoms. The van der Waals surface area contributed by atoms with Gasteiger partial charge in [-0.25, -0.2) is 0 Å². The van der Waals surface area contributed by atoms with Crippen molar-refractivity contribution < 1.29 is 4.74 Å². The van der Waals surface area contributed by atoms with Gasteiger partial charge in [0.25, 0.3) is 0 Å². The molecule has 0 saturated heterocycles. The van der Waals surface area contributed by atoms with Crippen LogP contribution in [0, 0.1) is 0 Å². The number of ether oxygens (including phenoxy) is 1. The van der Waals surface area contributed by atoms with E-state index in [2.05, 4.69) is 49.5 Å². The van der Waals surface area contributed by atoms with Crippen molar-refractivity contribution in [2.24, 2.45) is 0 Å². The van der Waals surface area contributed by atoms with Crippen LogP contribution in [0.3, 0.4) is 0 Å². The van der Waals surface area contributed by atoms with Gasteiger partial charge in [-0.15, -0.1) is 0 Å². The molecule has 0 spiro atoms. The number of benzene rings is 1. The van der Waals surface area contributed by atoms with Crippen LogP contribution in [0.1, 0.15) is 44.0 Å². The second-order valence-electron chi connectivity index (χ2n) is 5.01. The van der Waals surface area contributed by atoms with Crippen LogP contribution in [-0.2, 0) is 6.54 Å². The molecule has 0 aliphatic rings. The van der Waals surface area contributed by atoms with Gasteiger partial charge >= 0.3 is 0 Å². The average molecular weight is 273 g/mol. The third-order valence-corrected chi connectivity index (χ3v) is 3.59. The standard InChI is InChI=1S/C16H23N3O/c1-5-19-11-15(10-17-19)13(3)18-12(2)14-6-8-16(20-4)9-7-14/h6-13,18H,5H2,1-4H3. The van der Waals surface area contributed by atoms with Gasteiger partial charge in [-0.1, -0.05) is 12.1 Å². The molecular weight excluding hydrogens is 250 g/mol. The number of nitrogens with zero attached hydrogens (tertiary/aromatic N) is 2. The molecule has 0 bridgehead atoms. The molecule has 0 radical (unpaired) electrons. The first-order chi connectivity index (χ1) is 9.63. The van der Waals surface area contributed by atoms with Gasteiger partial charge in [0.2, 0.25) is 0 Å². The predicted molar refractivity (Wildman–Crippen MR) is 80.9 cm³/mol. The fourth-order valence-electron chi connectivity index (χ4n) is 2.24. The smallest absolute Gasteiger partial charge is 0.118 e. The molecule has 2 aromatic rings. The molecular formula is C16H23N3O. The maximum Gasteiger partial charge on any atom is 0.118 e. The van der Waals surface area contributed by atoms with E-state index in [1.165, 1.54) is 11.1 Å². The summed E-state index contributed by atoms with van der Waals surface area (Å²) >= 11 is 0. The second-order valence-corrected chi connectivity index (χ2v) is 5.01. The van der Waals surface area contributed by atoms with E-state index in [0.717, 1.165) is 12.3 Å². The van der Waals surface area contributed by atoms with Gasteiger partial charge in [-0.05, 0) is 38.5 Å². The summed E-state index contributed by atoms with van der Waals surface area (Å²) in [4.78, 5) is 0.